The highest BCUT2D eigenvalue weighted by Gasteiger charge is 2.12. The molecule has 0 heterocycles. The average Bonchev–Trinajstić information content (AvgIpc) is 2.64. The van der Waals surface area contributed by atoms with Gasteiger partial charge < -0.3 is 9.47 Å². The smallest absolute Gasteiger partial charge is 0.330 e. The number of esters is 1. The predicted octanol–water partition coefficient (Wildman–Crippen LogP) is 1.76. The molecule has 0 aromatic heterocycles. The summed E-state index contributed by atoms with van der Waals surface area (Å²) < 4.78 is 10.1. The first-order valence-electron chi connectivity index (χ1n) is 5.42. The lowest BCUT2D eigenvalue weighted by Crippen LogP contribution is -1.99. The second-order valence-corrected chi connectivity index (χ2v) is 3.37. The van der Waals surface area contributed by atoms with Crippen molar-refractivity contribution in [3.8, 4) is 0 Å². The Labute approximate surface area is 94.9 Å². The molecular formula is C12H16O4. The van der Waals surface area contributed by atoms with E-state index in [0.29, 0.717) is 32.5 Å². The molecule has 0 N–H and O–H groups in total. The molecule has 0 radical (unpaired) electrons. The summed E-state index contributed by atoms with van der Waals surface area (Å²) in [6.07, 6.45) is 6.50. The van der Waals surface area contributed by atoms with Gasteiger partial charge >= 0.3 is 5.97 Å². The Bertz CT molecular complexity index is 315. The molecule has 0 aromatic carbocycles. The highest BCUT2D eigenvalue weighted by Crippen LogP contribution is 2.15. The summed E-state index contributed by atoms with van der Waals surface area (Å²) in [5, 5.41) is 0. The lowest BCUT2D eigenvalue weighted by molar-refractivity contribution is -0.137. The van der Waals surface area contributed by atoms with Crippen LogP contribution in [0.25, 0.3) is 0 Å². The minimum atomic E-state index is -0.335. The van der Waals surface area contributed by atoms with Gasteiger partial charge in [0.25, 0.3) is 0 Å². The Morgan fingerprint density at radius 1 is 1.50 bits per heavy atom. The maximum atomic E-state index is 10.9. The number of rotatable bonds is 6. The van der Waals surface area contributed by atoms with E-state index in [1.807, 2.05) is 0 Å². The lowest BCUT2D eigenvalue weighted by Gasteiger charge is -2.03. The lowest BCUT2D eigenvalue weighted by atomic mass is 10.3. The number of hydrogen-bond donors (Lipinski definition) is 0. The van der Waals surface area contributed by atoms with Crippen LogP contribution in [0, 0.1) is 0 Å². The SMILES string of the molecule is CCOC(=O)/C=C/CCOC1=CC(=O)CC1. The summed E-state index contributed by atoms with van der Waals surface area (Å²) in [6, 6.07) is 0. The number of carbonyl (C=O) groups is 2. The van der Waals surface area contributed by atoms with Crippen molar-refractivity contribution in [1.82, 2.24) is 0 Å². The third-order valence-corrected chi connectivity index (χ3v) is 2.05. The topological polar surface area (TPSA) is 52.6 Å². The largest absolute Gasteiger partial charge is 0.497 e. The highest BCUT2D eigenvalue weighted by molar-refractivity contribution is 5.92. The Morgan fingerprint density at radius 3 is 2.94 bits per heavy atom. The zero-order chi connectivity index (χ0) is 11.8. The van der Waals surface area contributed by atoms with Gasteiger partial charge in [-0.05, 0) is 13.3 Å². The van der Waals surface area contributed by atoms with Gasteiger partial charge in [-0.2, -0.15) is 0 Å². The van der Waals surface area contributed by atoms with Crippen LogP contribution >= 0.6 is 0 Å². The standard InChI is InChI=1S/C12H16O4/c1-2-15-12(14)5-3-4-8-16-11-7-6-10(13)9-11/h3,5,9H,2,4,6-8H2,1H3/b5-3+. The first-order valence-corrected chi connectivity index (χ1v) is 5.42. The fourth-order valence-corrected chi connectivity index (χ4v) is 1.31. The summed E-state index contributed by atoms with van der Waals surface area (Å²) in [6.45, 7) is 2.63. The molecule has 1 rings (SSSR count). The fraction of sp³-hybridized carbons (Fsp3) is 0.500. The number of ketones is 1. The molecule has 4 heteroatoms. The summed E-state index contributed by atoms with van der Waals surface area (Å²) >= 11 is 0. The second kappa shape index (κ2) is 6.82. The summed E-state index contributed by atoms with van der Waals surface area (Å²) in [4.78, 5) is 21.8. The van der Waals surface area contributed by atoms with E-state index < -0.39 is 0 Å². The van der Waals surface area contributed by atoms with E-state index in [2.05, 4.69) is 0 Å². The molecule has 4 nitrogen and oxygen atoms in total. The van der Waals surface area contributed by atoms with Crippen LogP contribution in [0.5, 0.6) is 0 Å². The maximum Gasteiger partial charge on any atom is 0.330 e. The number of allylic oxidation sites excluding steroid dienone is 2. The van der Waals surface area contributed by atoms with Gasteiger partial charge in [0.15, 0.2) is 5.78 Å². The second-order valence-electron chi connectivity index (χ2n) is 3.37. The molecule has 0 aliphatic heterocycles. The molecule has 0 fully saturated rings. The summed E-state index contributed by atoms with van der Waals surface area (Å²) in [7, 11) is 0. The minimum Gasteiger partial charge on any atom is -0.497 e. The Kier molecular flexibility index (Phi) is 5.32. The summed E-state index contributed by atoms with van der Waals surface area (Å²) in [5.41, 5.74) is 0. The third kappa shape index (κ3) is 4.77. The van der Waals surface area contributed by atoms with Crippen LogP contribution in [0.3, 0.4) is 0 Å². The van der Waals surface area contributed by atoms with E-state index >= 15 is 0 Å². The van der Waals surface area contributed by atoms with Gasteiger partial charge in [0, 0.05) is 25.0 Å². The summed E-state index contributed by atoms with van der Waals surface area (Å²) in [5.74, 6) is 0.532. The van der Waals surface area contributed by atoms with Crippen molar-refractivity contribution in [2.24, 2.45) is 0 Å². The molecule has 0 amide bonds. The molecule has 0 bridgehead atoms. The minimum absolute atomic E-state index is 0.122. The van der Waals surface area contributed by atoms with Crippen LogP contribution < -0.4 is 0 Å². The van der Waals surface area contributed by atoms with E-state index in [1.165, 1.54) is 12.2 Å². The molecule has 0 spiro atoms. The van der Waals surface area contributed by atoms with E-state index in [9.17, 15) is 9.59 Å². The quantitative estimate of drug-likeness (QED) is 0.392. The van der Waals surface area contributed by atoms with Crippen molar-refractivity contribution in [3.63, 3.8) is 0 Å². The maximum absolute atomic E-state index is 10.9. The zero-order valence-electron chi connectivity index (χ0n) is 9.40. The van der Waals surface area contributed by atoms with E-state index in [1.54, 1.807) is 13.0 Å². The monoisotopic (exact) mass is 224 g/mol. The van der Waals surface area contributed by atoms with Crippen LogP contribution in [-0.2, 0) is 19.1 Å². The third-order valence-electron chi connectivity index (χ3n) is 2.05. The van der Waals surface area contributed by atoms with Crippen LogP contribution in [0.15, 0.2) is 24.0 Å². The van der Waals surface area contributed by atoms with Crippen LogP contribution in [0.4, 0.5) is 0 Å². The normalized spacial score (nSPS) is 15.3. The number of ether oxygens (including phenoxy) is 2. The molecule has 0 atom stereocenters. The van der Waals surface area contributed by atoms with E-state index in [-0.39, 0.29) is 11.8 Å². The van der Waals surface area contributed by atoms with Crippen molar-refractivity contribution in [2.45, 2.75) is 26.2 Å². The van der Waals surface area contributed by atoms with Crippen molar-refractivity contribution >= 4 is 11.8 Å². The first-order chi connectivity index (χ1) is 7.72. The van der Waals surface area contributed by atoms with Gasteiger partial charge in [0.1, 0.15) is 0 Å². The molecule has 0 saturated heterocycles. The van der Waals surface area contributed by atoms with Crippen molar-refractivity contribution in [3.05, 3.63) is 24.0 Å². The van der Waals surface area contributed by atoms with Gasteiger partial charge in [-0.15, -0.1) is 0 Å². The molecule has 0 saturated carbocycles. The molecular weight excluding hydrogens is 208 g/mol. The van der Waals surface area contributed by atoms with Gasteiger partial charge in [0.2, 0.25) is 0 Å². The first kappa shape index (κ1) is 12.5. The van der Waals surface area contributed by atoms with Crippen molar-refractivity contribution in [2.75, 3.05) is 13.2 Å². The Balaban J connectivity index is 2.10. The van der Waals surface area contributed by atoms with Gasteiger partial charge in [-0.25, -0.2) is 4.79 Å². The van der Waals surface area contributed by atoms with Crippen molar-refractivity contribution < 1.29 is 19.1 Å². The molecule has 1 aliphatic rings. The Hall–Kier alpha value is -1.58. The molecule has 0 unspecified atom stereocenters. The van der Waals surface area contributed by atoms with Gasteiger partial charge in [-0.3, -0.25) is 4.79 Å². The van der Waals surface area contributed by atoms with Gasteiger partial charge in [0.05, 0.1) is 19.0 Å². The van der Waals surface area contributed by atoms with Crippen LogP contribution in [0.2, 0.25) is 0 Å². The fourth-order valence-electron chi connectivity index (χ4n) is 1.31. The predicted molar refractivity (Wildman–Crippen MR) is 58.7 cm³/mol. The van der Waals surface area contributed by atoms with Crippen molar-refractivity contribution in [1.29, 1.82) is 0 Å². The van der Waals surface area contributed by atoms with E-state index in [0.717, 1.165) is 5.76 Å². The number of carbonyl (C=O) groups excluding carboxylic acids is 2. The molecule has 16 heavy (non-hydrogen) atoms. The highest BCUT2D eigenvalue weighted by atomic mass is 16.5. The van der Waals surface area contributed by atoms with Gasteiger partial charge in [-0.1, -0.05) is 6.08 Å². The Morgan fingerprint density at radius 2 is 2.31 bits per heavy atom. The van der Waals surface area contributed by atoms with Crippen LogP contribution in [0.1, 0.15) is 26.2 Å². The molecule has 1 aliphatic carbocycles. The molecule has 88 valence electrons. The van der Waals surface area contributed by atoms with Crippen LogP contribution in [-0.4, -0.2) is 25.0 Å². The molecule has 0 aromatic rings. The van der Waals surface area contributed by atoms with E-state index in [4.69, 9.17) is 9.47 Å². The average molecular weight is 224 g/mol. The zero-order valence-corrected chi connectivity index (χ0v) is 9.40. The number of hydrogen-bond acceptors (Lipinski definition) is 4.